The summed E-state index contributed by atoms with van der Waals surface area (Å²) in [6.45, 7) is 1.83. The second-order valence-corrected chi connectivity index (χ2v) is 4.57. The van der Waals surface area contributed by atoms with E-state index < -0.39 is 6.04 Å². The molecule has 2 rings (SSSR count). The van der Waals surface area contributed by atoms with Gasteiger partial charge in [0.2, 0.25) is 5.91 Å². The van der Waals surface area contributed by atoms with Crippen molar-refractivity contribution in [3.8, 4) is 0 Å². The van der Waals surface area contributed by atoms with Gasteiger partial charge in [0.1, 0.15) is 6.04 Å². The Bertz CT molecular complexity index is 590. The van der Waals surface area contributed by atoms with Gasteiger partial charge in [-0.2, -0.15) is 5.10 Å². The summed E-state index contributed by atoms with van der Waals surface area (Å²) in [4.78, 5) is 16.0. The molecule has 1 atom stereocenters. The van der Waals surface area contributed by atoms with E-state index in [2.05, 4.69) is 15.4 Å². The molecule has 0 aliphatic heterocycles. The SMILES string of the molecule is Cc1ccnc(Cl)c1NC(=O)C(N)c1cnn(C)c1. The van der Waals surface area contributed by atoms with Crippen molar-refractivity contribution in [3.05, 3.63) is 40.9 Å². The average molecular weight is 280 g/mol. The third-order valence-electron chi connectivity index (χ3n) is 2.73. The molecule has 0 radical (unpaired) electrons. The number of carbonyl (C=O) groups excluding carboxylic acids is 1. The largest absolute Gasteiger partial charge is 0.322 e. The van der Waals surface area contributed by atoms with Crippen molar-refractivity contribution in [1.82, 2.24) is 14.8 Å². The van der Waals surface area contributed by atoms with Crippen LogP contribution < -0.4 is 11.1 Å². The minimum Gasteiger partial charge on any atom is -0.322 e. The van der Waals surface area contributed by atoms with Gasteiger partial charge in [0.25, 0.3) is 0 Å². The van der Waals surface area contributed by atoms with E-state index in [0.29, 0.717) is 11.3 Å². The third-order valence-corrected chi connectivity index (χ3v) is 3.01. The van der Waals surface area contributed by atoms with Crippen molar-refractivity contribution in [1.29, 1.82) is 0 Å². The third kappa shape index (κ3) is 2.91. The summed E-state index contributed by atoms with van der Waals surface area (Å²) in [5, 5.41) is 6.91. The molecule has 0 saturated carbocycles. The molecule has 0 aliphatic rings. The standard InChI is InChI=1S/C12H14ClN5O/c1-7-3-4-15-11(13)10(7)17-12(19)9(14)8-5-16-18(2)6-8/h3-6,9H,14H2,1-2H3,(H,17,19). The number of hydrogen-bond acceptors (Lipinski definition) is 4. The van der Waals surface area contributed by atoms with E-state index in [-0.39, 0.29) is 11.1 Å². The van der Waals surface area contributed by atoms with Crippen LogP contribution in [0.25, 0.3) is 0 Å². The number of rotatable bonds is 3. The molecule has 100 valence electrons. The maximum absolute atomic E-state index is 12.1. The topological polar surface area (TPSA) is 85.8 Å². The second-order valence-electron chi connectivity index (χ2n) is 4.21. The Labute approximate surface area is 115 Å². The summed E-state index contributed by atoms with van der Waals surface area (Å²) >= 11 is 5.95. The molecule has 2 heterocycles. The second kappa shape index (κ2) is 5.38. The number of aryl methyl sites for hydroxylation is 2. The fourth-order valence-corrected chi connectivity index (χ4v) is 1.88. The van der Waals surface area contributed by atoms with E-state index >= 15 is 0 Å². The number of nitrogens with one attached hydrogen (secondary N) is 1. The molecule has 6 nitrogen and oxygen atoms in total. The first-order valence-electron chi connectivity index (χ1n) is 5.65. The van der Waals surface area contributed by atoms with Gasteiger partial charge in [-0.15, -0.1) is 0 Å². The Balaban J connectivity index is 2.17. The lowest BCUT2D eigenvalue weighted by Gasteiger charge is -2.13. The van der Waals surface area contributed by atoms with E-state index in [4.69, 9.17) is 17.3 Å². The Morgan fingerprint density at radius 2 is 2.32 bits per heavy atom. The summed E-state index contributed by atoms with van der Waals surface area (Å²) in [5.41, 5.74) is 7.81. The Morgan fingerprint density at radius 3 is 2.89 bits per heavy atom. The van der Waals surface area contributed by atoms with Crippen LogP contribution >= 0.6 is 11.6 Å². The molecule has 0 bridgehead atoms. The van der Waals surface area contributed by atoms with Crippen LogP contribution in [0.15, 0.2) is 24.7 Å². The summed E-state index contributed by atoms with van der Waals surface area (Å²) in [5.74, 6) is -0.356. The van der Waals surface area contributed by atoms with E-state index in [9.17, 15) is 4.79 Å². The van der Waals surface area contributed by atoms with Crippen LogP contribution in [-0.2, 0) is 11.8 Å². The lowest BCUT2D eigenvalue weighted by atomic mass is 10.1. The quantitative estimate of drug-likeness (QED) is 0.832. The van der Waals surface area contributed by atoms with Crippen LogP contribution in [0, 0.1) is 6.92 Å². The van der Waals surface area contributed by atoms with Crippen molar-refractivity contribution in [2.24, 2.45) is 12.8 Å². The molecule has 7 heteroatoms. The molecular weight excluding hydrogens is 266 g/mol. The van der Waals surface area contributed by atoms with Crippen molar-refractivity contribution in [2.75, 3.05) is 5.32 Å². The highest BCUT2D eigenvalue weighted by molar-refractivity contribution is 6.32. The summed E-state index contributed by atoms with van der Waals surface area (Å²) in [7, 11) is 1.76. The monoisotopic (exact) mass is 279 g/mol. The predicted molar refractivity (Wildman–Crippen MR) is 72.8 cm³/mol. The van der Waals surface area contributed by atoms with Crippen LogP contribution in [0.1, 0.15) is 17.2 Å². The van der Waals surface area contributed by atoms with Gasteiger partial charge in [-0.1, -0.05) is 11.6 Å². The molecule has 1 amide bonds. The zero-order valence-corrected chi connectivity index (χ0v) is 11.3. The van der Waals surface area contributed by atoms with E-state index in [0.717, 1.165) is 5.56 Å². The maximum atomic E-state index is 12.1. The van der Waals surface area contributed by atoms with Crippen molar-refractivity contribution in [3.63, 3.8) is 0 Å². The minimum atomic E-state index is -0.802. The number of aromatic nitrogens is 3. The zero-order chi connectivity index (χ0) is 14.0. The van der Waals surface area contributed by atoms with Gasteiger partial charge in [0, 0.05) is 25.0 Å². The number of nitrogens with two attached hydrogens (primary N) is 1. The van der Waals surface area contributed by atoms with E-state index in [1.54, 1.807) is 36.4 Å². The van der Waals surface area contributed by atoms with Gasteiger partial charge < -0.3 is 11.1 Å². The predicted octanol–water partition coefficient (Wildman–Crippen LogP) is 1.42. The highest BCUT2D eigenvalue weighted by Crippen LogP contribution is 2.23. The van der Waals surface area contributed by atoms with Gasteiger partial charge in [0.15, 0.2) is 5.15 Å². The van der Waals surface area contributed by atoms with Crippen LogP contribution in [0.4, 0.5) is 5.69 Å². The van der Waals surface area contributed by atoms with Crippen molar-refractivity contribution in [2.45, 2.75) is 13.0 Å². The average Bonchev–Trinajstić information content (AvgIpc) is 2.79. The molecule has 2 aromatic heterocycles. The molecule has 3 N–H and O–H groups in total. The molecule has 0 fully saturated rings. The van der Waals surface area contributed by atoms with E-state index in [1.807, 2.05) is 6.92 Å². The number of hydrogen-bond donors (Lipinski definition) is 2. The number of pyridine rings is 1. The Hall–Kier alpha value is -1.92. The van der Waals surface area contributed by atoms with Gasteiger partial charge in [-0.25, -0.2) is 4.98 Å². The fourth-order valence-electron chi connectivity index (χ4n) is 1.63. The van der Waals surface area contributed by atoms with Crippen LogP contribution in [-0.4, -0.2) is 20.7 Å². The molecule has 19 heavy (non-hydrogen) atoms. The first-order valence-corrected chi connectivity index (χ1v) is 6.03. The molecule has 1 unspecified atom stereocenters. The zero-order valence-electron chi connectivity index (χ0n) is 10.6. The number of amides is 1. The Kier molecular flexibility index (Phi) is 3.82. The molecule has 0 saturated heterocycles. The molecule has 2 aromatic rings. The smallest absolute Gasteiger partial charge is 0.246 e. The minimum absolute atomic E-state index is 0.242. The lowest BCUT2D eigenvalue weighted by Crippen LogP contribution is -2.28. The first kappa shape index (κ1) is 13.5. The first-order chi connectivity index (χ1) is 8.99. The van der Waals surface area contributed by atoms with Gasteiger partial charge in [-0.3, -0.25) is 9.48 Å². The van der Waals surface area contributed by atoms with Crippen LogP contribution in [0.3, 0.4) is 0 Å². The molecule has 0 aliphatic carbocycles. The summed E-state index contributed by atoms with van der Waals surface area (Å²) < 4.78 is 1.59. The van der Waals surface area contributed by atoms with Gasteiger partial charge in [-0.05, 0) is 18.6 Å². The van der Waals surface area contributed by atoms with Gasteiger partial charge >= 0.3 is 0 Å². The molecular formula is C12H14ClN5O. The lowest BCUT2D eigenvalue weighted by molar-refractivity contribution is -0.117. The summed E-state index contributed by atoms with van der Waals surface area (Å²) in [6.07, 6.45) is 4.83. The number of carbonyl (C=O) groups is 1. The van der Waals surface area contributed by atoms with Gasteiger partial charge in [0.05, 0.1) is 11.9 Å². The normalized spacial score (nSPS) is 12.2. The van der Waals surface area contributed by atoms with Crippen molar-refractivity contribution < 1.29 is 4.79 Å². The number of halogens is 1. The fraction of sp³-hybridized carbons (Fsp3) is 0.250. The molecule has 0 aromatic carbocycles. The van der Waals surface area contributed by atoms with E-state index in [1.165, 1.54) is 0 Å². The summed E-state index contributed by atoms with van der Waals surface area (Å²) in [6, 6.07) is 0.959. The highest BCUT2D eigenvalue weighted by atomic mass is 35.5. The molecule has 0 spiro atoms. The maximum Gasteiger partial charge on any atom is 0.246 e. The van der Waals surface area contributed by atoms with Crippen molar-refractivity contribution >= 4 is 23.2 Å². The van der Waals surface area contributed by atoms with Crippen LogP contribution in [0.5, 0.6) is 0 Å². The van der Waals surface area contributed by atoms with Crippen LogP contribution in [0.2, 0.25) is 5.15 Å². The Morgan fingerprint density at radius 1 is 1.58 bits per heavy atom. The highest BCUT2D eigenvalue weighted by Gasteiger charge is 2.19. The number of anilines is 1. The number of nitrogens with zero attached hydrogens (tertiary/aromatic N) is 3.